The molecule has 1 rings (SSSR count). The van der Waals surface area contributed by atoms with Crippen LogP contribution in [0.5, 0.6) is 0 Å². The Bertz CT molecular complexity index is 356. The van der Waals surface area contributed by atoms with Crippen molar-refractivity contribution in [2.75, 3.05) is 13.2 Å². The quantitative estimate of drug-likeness (QED) is 0.795. The molecule has 1 aromatic rings. The van der Waals surface area contributed by atoms with E-state index in [1.807, 2.05) is 32.0 Å². The summed E-state index contributed by atoms with van der Waals surface area (Å²) in [6.07, 6.45) is 0. The van der Waals surface area contributed by atoms with E-state index in [9.17, 15) is 4.79 Å². The Hall–Kier alpha value is -1.00. The Morgan fingerprint density at radius 1 is 1.33 bits per heavy atom. The van der Waals surface area contributed by atoms with Crippen LogP contribution < -0.4 is 5.32 Å². The number of aliphatic hydroxyl groups excluding tert-OH is 1. The Morgan fingerprint density at radius 2 is 2.00 bits per heavy atom. The van der Waals surface area contributed by atoms with Crippen molar-refractivity contribution in [2.24, 2.45) is 5.92 Å². The number of carbonyl (C=O) groups is 1. The Morgan fingerprint density at radius 3 is 2.61 bits per heavy atom. The normalized spacial score (nSPS) is 13.9. The van der Waals surface area contributed by atoms with E-state index in [4.69, 9.17) is 5.11 Å². The van der Waals surface area contributed by atoms with Crippen molar-refractivity contribution in [3.05, 3.63) is 35.9 Å². The van der Waals surface area contributed by atoms with E-state index in [0.717, 1.165) is 5.75 Å². The van der Waals surface area contributed by atoms with Gasteiger partial charge in [0, 0.05) is 18.9 Å². The second-order valence-electron chi connectivity index (χ2n) is 4.47. The highest BCUT2D eigenvalue weighted by Crippen LogP contribution is 2.17. The molecule has 0 aliphatic rings. The first-order valence-electron chi connectivity index (χ1n) is 6.17. The summed E-state index contributed by atoms with van der Waals surface area (Å²) in [7, 11) is 0. The van der Waals surface area contributed by atoms with Crippen molar-refractivity contribution in [2.45, 2.75) is 24.9 Å². The van der Waals surface area contributed by atoms with Gasteiger partial charge in [-0.25, -0.2) is 0 Å². The maximum atomic E-state index is 11.8. The molecule has 0 bridgehead atoms. The largest absolute Gasteiger partial charge is 0.396 e. The van der Waals surface area contributed by atoms with Crippen LogP contribution in [-0.4, -0.2) is 29.4 Å². The fourth-order valence-corrected chi connectivity index (χ4v) is 2.22. The second kappa shape index (κ2) is 8.16. The van der Waals surface area contributed by atoms with Gasteiger partial charge in [-0.3, -0.25) is 4.79 Å². The van der Waals surface area contributed by atoms with Crippen LogP contribution in [-0.2, 0) is 10.5 Å². The van der Waals surface area contributed by atoms with Crippen molar-refractivity contribution in [1.29, 1.82) is 0 Å². The first kappa shape index (κ1) is 15.1. The summed E-state index contributed by atoms with van der Waals surface area (Å²) in [6, 6.07) is 10.1. The molecule has 3 nitrogen and oxygen atoms in total. The van der Waals surface area contributed by atoms with Crippen molar-refractivity contribution in [3.63, 3.8) is 0 Å². The Kier molecular flexibility index (Phi) is 6.83. The zero-order valence-corrected chi connectivity index (χ0v) is 11.7. The first-order valence-corrected chi connectivity index (χ1v) is 7.22. The van der Waals surface area contributed by atoms with Gasteiger partial charge in [0.15, 0.2) is 0 Å². The number of carbonyl (C=O) groups excluding carboxylic acids is 1. The van der Waals surface area contributed by atoms with Crippen LogP contribution in [0.1, 0.15) is 19.4 Å². The molecular formula is C14H21NO2S. The summed E-state index contributed by atoms with van der Waals surface area (Å²) in [4.78, 5) is 11.8. The van der Waals surface area contributed by atoms with Crippen LogP contribution >= 0.6 is 11.8 Å². The molecule has 0 saturated heterocycles. The zero-order chi connectivity index (χ0) is 13.4. The minimum atomic E-state index is -0.0731. The molecule has 2 atom stereocenters. The number of nitrogens with one attached hydrogen (secondary N) is 1. The SMILES string of the molecule is CC(CO)CNC(=O)C(C)SCc1ccccc1. The number of thioether (sulfide) groups is 1. The van der Waals surface area contributed by atoms with Crippen LogP contribution in [0.3, 0.4) is 0 Å². The molecule has 0 heterocycles. The van der Waals surface area contributed by atoms with Gasteiger partial charge in [-0.15, -0.1) is 11.8 Å². The van der Waals surface area contributed by atoms with E-state index in [-0.39, 0.29) is 23.7 Å². The fraction of sp³-hybridized carbons (Fsp3) is 0.500. The van der Waals surface area contributed by atoms with Gasteiger partial charge in [0.05, 0.1) is 5.25 Å². The first-order chi connectivity index (χ1) is 8.63. The molecule has 2 unspecified atom stereocenters. The number of aliphatic hydroxyl groups is 1. The molecule has 0 aliphatic carbocycles. The Labute approximate surface area is 113 Å². The Balaban J connectivity index is 2.27. The topological polar surface area (TPSA) is 49.3 Å². The predicted octanol–water partition coefficient (Wildman–Crippen LogP) is 2.05. The number of amides is 1. The summed E-state index contributed by atoms with van der Waals surface area (Å²) in [5, 5.41) is 11.7. The molecule has 0 aromatic heterocycles. The molecule has 2 N–H and O–H groups in total. The highest BCUT2D eigenvalue weighted by Gasteiger charge is 2.13. The van der Waals surface area contributed by atoms with Gasteiger partial charge in [-0.05, 0) is 18.4 Å². The van der Waals surface area contributed by atoms with Crippen LogP contribution in [0.2, 0.25) is 0 Å². The summed E-state index contributed by atoms with van der Waals surface area (Å²) >= 11 is 1.62. The van der Waals surface area contributed by atoms with Crippen molar-refractivity contribution in [1.82, 2.24) is 5.32 Å². The molecule has 0 radical (unpaired) electrons. The predicted molar refractivity (Wildman–Crippen MR) is 76.5 cm³/mol. The number of benzene rings is 1. The minimum Gasteiger partial charge on any atom is -0.396 e. The summed E-state index contributed by atoms with van der Waals surface area (Å²) < 4.78 is 0. The van der Waals surface area contributed by atoms with Crippen molar-refractivity contribution < 1.29 is 9.90 Å². The maximum absolute atomic E-state index is 11.8. The lowest BCUT2D eigenvalue weighted by atomic mass is 10.2. The van der Waals surface area contributed by atoms with E-state index in [1.165, 1.54) is 5.56 Å². The van der Waals surface area contributed by atoms with Crippen molar-refractivity contribution >= 4 is 17.7 Å². The van der Waals surface area contributed by atoms with E-state index in [0.29, 0.717) is 6.54 Å². The molecule has 0 fully saturated rings. The smallest absolute Gasteiger partial charge is 0.232 e. The standard InChI is InChI=1S/C14H21NO2S/c1-11(9-16)8-15-14(17)12(2)18-10-13-6-4-3-5-7-13/h3-7,11-12,16H,8-10H2,1-2H3,(H,15,17). The lowest BCUT2D eigenvalue weighted by molar-refractivity contribution is -0.120. The molecule has 0 aliphatic heterocycles. The van der Waals surface area contributed by atoms with Gasteiger partial charge in [-0.2, -0.15) is 0 Å². The van der Waals surface area contributed by atoms with E-state index >= 15 is 0 Å². The highest BCUT2D eigenvalue weighted by molar-refractivity contribution is 7.99. The summed E-state index contributed by atoms with van der Waals surface area (Å²) in [6.45, 7) is 4.45. The van der Waals surface area contributed by atoms with Gasteiger partial charge in [0.25, 0.3) is 0 Å². The third-order valence-corrected chi connectivity index (χ3v) is 3.86. The van der Waals surface area contributed by atoms with Gasteiger partial charge >= 0.3 is 0 Å². The molecule has 1 amide bonds. The number of rotatable bonds is 7. The van der Waals surface area contributed by atoms with Crippen LogP contribution in [0.15, 0.2) is 30.3 Å². The average Bonchev–Trinajstić information content (AvgIpc) is 2.42. The molecule has 18 heavy (non-hydrogen) atoms. The van der Waals surface area contributed by atoms with Gasteiger partial charge < -0.3 is 10.4 Å². The van der Waals surface area contributed by atoms with E-state index in [2.05, 4.69) is 17.4 Å². The van der Waals surface area contributed by atoms with Gasteiger partial charge in [-0.1, -0.05) is 37.3 Å². The van der Waals surface area contributed by atoms with E-state index in [1.54, 1.807) is 11.8 Å². The zero-order valence-electron chi connectivity index (χ0n) is 10.9. The molecule has 1 aromatic carbocycles. The van der Waals surface area contributed by atoms with Crippen LogP contribution in [0.25, 0.3) is 0 Å². The van der Waals surface area contributed by atoms with E-state index < -0.39 is 0 Å². The molecular weight excluding hydrogens is 246 g/mol. The number of hydrogen-bond acceptors (Lipinski definition) is 3. The third kappa shape index (κ3) is 5.56. The van der Waals surface area contributed by atoms with Crippen LogP contribution in [0.4, 0.5) is 0 Å². The maximum Gasteiger partial charge on any atom is 0.232 e. The minimum absolute atomic E-state index is 0.0382. The molecule has 4 heteroatoms. The van der Waals surface area contributed by atoms with Gasteiger partial charge in [0.1, 0.15) is 0 Å². The average molecular weight is 267 g/mol. The molecule has 0 saturated carbocycles. The lowest BCUT2D eigenvalue weighted by Crippen LogP contribution is -2.34. The van der Waals surface area contributed by atoms with Crippen LogP contribution in [0, 0.1) is 5.92 Å². The van der Waals surface area contributed by atoms with Gasteiger partial charge in [0.2, 0.25) is 5.91 Å². The highest BCUT2D eigenvalue weighted by atomic mass is 32.2. The monoisotopic (exact) mass is 267 g/mol. The second-order valence-corrected chi connectivity index (χ2v) is 5.80. The summed E-state index contributed by atoms with van der Waals surface area (Å²) in [5.41, 5.74) is 1.23. The fourth-order valence-electron chi connectivity index (χ4n) is 1.35. The van der Waals surface area contributed by atoms with Crippen molar-refractivity contribution in [3.8, 4) is 0 Å². The summed E-state index contributed by atoms with van der Waals surface area (Å²) in [5.74, 6) is 0.988. The number of hydrogen-bond donors (Lipinski definition) is 2. The molecule has 0 spiro atoms. The third-order valence-electron chi connectivity index (χ3n) is 2.65. The lowest BCUT2D eigenvalue weighted by Gasteiger charge is -2.14. The molecule has 100 valence electrons.